The van der Waals surface area contributed by atoms with E-state index >= 15 is 0 Å². The van der Waals surface area contributed by atoms with Gasteiger partial charge in [0.25, 0.3) is 5.89 Å². The fourth-order valence-electron chi connectivity index (χ4n) is 3.50. The van der Waals surface area contributed by atoms with E-state index in [0.29, 0.717) is 35.7 Å². The molecule has 1 aliphatic rings. The lowest BCUT2D eigenvalue weighted by atomic mass is 9.72. The zero-order valence-electron chi connectivity index (χ0n) is 16.5. The lowest BCUT2D eigenvalue weighted by molar-refractivity contribution is 0.0420. The topological polar surface area (TPSA) is 114 Å². The van der Waals surface area contributed by atoms with E-state index in [-0.39, 0.29) is 17.7 Å². The summed E-state index contributed by atoms with van der Waals surface area (Å²) < 4.78 is 5.30. The lowest BCUT2D eigenvalue weighted by Crippen LogP contribution is -2.52. The Morgan fingerprint density at radius 3 is 2.72 bits per heavy atom. The quantitative estimate of drug-likeness (QED) is 0.614. The number of rotatable bonds is 5. The second-order valence-electron chi connectivity index (χ2n) is 7.99. The number of nitrogens with one attached hydrogen (secondary N) is 1. The van der Waals surface area contributed by atoms with Crippen molar-refractivity contribution in [1.82, 2.24) is 25.4 Å². The van der Waals surface area contributed by atoms with Gasteiger partial charge in [-0.15, -0.1) is 0 Å². The highest BCUT2D eigenvalue weighted by Gasteiger charge is 2.48. The Labute approximate surface area is 172 Å². The number of aliphatic hydroxyl groups is 1. The van der Waals surface area contributed by atoms with Gasteiger partial charge in [-0.05, 0) is 39.7 Å². The molecular formula is C20H23N5O3S. The van der Waals surface area contributed by atoms with Crippen molar-refractivity contribution >= 4 is 17.1 Å². The Hall–Kier alpha value is -2.49. The number of carbonyl (C=O) groups is 1. The molecule has 0 bridgehead atoms. The Balaban J connectivity index is 1.79. The fraction of sp³-hybridized carbons (Fsp3) is 0.450. The highest BCUT2D eigenvalue weighted by Crippen LogP contribution is 2.38. The number of aromatic nitrogens is 4. The Bertz CT molecular complexity index is 1000. The van der Waals surface area contributed by atoms with Gasteiger partial charge < -0.3 is 14.9 Å². The van der Waals surface area contributed by atoms with Crippen LogP contribution in [0.4, 0.5) is 0 Å². The molecular weight excluding hydrogens is 390 g/mol. The molecule has 4 rings (SSSR count). The molecule has 2 atom stereocenters. The summed E-state index contributed by atoms with van der Waals surface area (Å²) in [4.78, 5) is 26.9. The van der Waals surface area contributed by atoms with Gasteiger partial charge in [-0.1, -0.05) is 5.16 Å². The van der Waals surface area contributed by atoms with Crippen LogP contribution in [-0.4, -0.2) is 43.6 Å². The number of nitrogens with zero attached hydrogens (tertiary/aromatic N) is 4. The molecule has 1 saturated heterocycles. The minimum Gasteiger partial charge on any atom is -0.381 e. The van der Waals surface area contributed by atoms with Crippen LogP contribution in [0.5, 0.6) is 0 Å². The maximum atomic E-state index is 13.9. The normalized spacial score (nSPS) is 22.6. The van der Waals surface area contributed by atoms with Crippen molar-refractivity contribution in [2.75, 3.05) is 6.54 Å². The van der Waals surface area contributed by atoms with Gasteiger partial charge in [0.15, 0.2) is 17.4 Å². The molecule has 0 radical (unpaired) electrons. The van der Waals surface area contributed by atoms with Crippen LogP contribution in [0, 0.1) is 0 Å². The summed E-state index contributed by atoms with van der Waals surface area (Å²) in [6.07, 6.45) is 4.68. The maximum Gasteiger partial charge on any atom is 0.258 e. The van der Waals surface area contributed by atoms with Crippen LogP contribution in [0.2, 0.25) is 0 Å². The molecule has 2 N–H and O–H groups in total. The third-order valence-corrected chi connectivity index (χ3v) is 6.03. The third-order valence-electron chi connectivity index (χ3n) is 5.28. The predicted octanol–water partition coefficient (Wildman–Crippen LogP) is 2.71. The molecule has 152 valence electrons. The van der Waals surface area contributed by atoms with E-state index in [0.717, 1.165) is 6.42 Å². The minimum atomic E-state index is -1.28. The first-order valence-corrected chi connectivity index (χ1v) is 10.4. The molecule has 4 heterocycles. The molecule has 9 heteroatoms. The summed E-state index contributed by atoms with van der Waals surface area (Å²) >= 11 is 1.43. The van der Waals surface area contributed by atoms with Crippen molar-refractivity contribution in [3.63, 3.8) is 0 Å². The van der Waals surface area contributed by atoms with Gasteiger partial charge in [0.2, 0.25) is 0 Å². The van der Waals surface area contributed by atoms with E-state index < -0.39 is 11.0 Å². The summed E-state index contributed by atoms with van der Waals surface area (Å²) in [7, 11) is 0. The number of Topliss-reactive ketones (excluding diaryl/α,β-unsaturated/α-hetero) is 1. The van der Waals surface area contributed by atoms with Crippen LogP contribution in [0.3, 0.4) is 0 Å². The molecule has 0 aromatic carbocycles. The van der Waals surface area contributed by atoms with Gasteiger partial charge in [0.1, 0.15) is 11.0 Å². The lowest BCUT2D eigenvalue weighted by Gasteiger charge is -2.36. The van der Waals surface area contributed by atoms with E-state index in [2.05, 4.69) is 32.3 Å². The first-order valence-electron chi connectivity index (χ1n) is 9.50. The number of ketones is 1. The van der Waals surface area contributed by atoms with Crippen LogP contribution in [0.1, 0.15) is 55.7 Å². The molecule has 8 nitrogen and oxygen atoms in total. The molecule has 29 heavy (non-hydrogen) atoms. The largest absolute Gasteiger partial charge is 0.381 e. The third kappa shape index (κ3) is 3.61. The van der Waals surface area contributed by atoms with Gasteiger partial charge in [-0.3, -0.25) is 4.79 Å². The molecule has 0 spiro atoms. The second-order valence-corrected chi connectivity index (χ2v) is 8.73. The van der Waals surface area contributed by atoms with E-state index in [9.17, 15) is 9.90 Å². The fourth-order valence-corrected chi connectivity index (χ4v) is 4.30. The van der Waals surface area contributed by atoms with Crippen LogP contribution in [-0.2, 0) is 11.0 Å². The van der Waals surface area contributed by atoms with Crippen molar-refractivity contribution in [1.29, 1.82) is 0 Å². The summed E-state index contributed by atoms with van der Waals surface area (Å²) in [6, 6.07) is 2.03. The van der Waals surface area contributed by atoms with Crippen molar-refractivity contribution in [3.8, 4) is 11.4 Å². The molecule has 1 aliphatic heterocycles. The Kier molecular flexibility index (Phi) is 5.05. The average molecular weight is 414 g/mol. The average Bonchev–Trinajstić information content (AvgIpc) is 3.39. The number of thiophene rings is 1. The van der Waals surface area contributed by atoms with Crippen LogP contribution in [0.25, 0.3) is 11.4 Å². The van der Waals surface area contributed by atoms with Gasteiger partial charge in [-0.25, -0.2) is 9.97 Å². The molecule has 3 aromatic heterocycles. The highest BCUT2D eigenvalue weighted by molar-refractivity contribution is 7.08. The maximum absolute atomic E-state index is 13.9. The van der Waals surface area contributed by atoms with E-state index in [1.807, 2.05) is 10.8 Å². The Morgan fingerprint density at radius 1 is 1.34 bits per heavy atom. The molecule has 0 unspecified atom stereocenters. The van der Waals surface area contributed by atoms with Crippen molar-refractivity contribution in [3.05, 3.63) is 46.5 Å². The smallest absolute Gasteiger partial charge is 0.258 e. The first kappa shape index (κ1) is 19.8. The molecule has 0 amide bonds. The Morgan fingerprint density at radius 2 is 2.10 bits per heavy atom. The first-order chi connectivity index (χ1) is 13.8. The summed E-state index contributed by atoms with van der Waals surface area (Å²) in [6.45, 7) is 5.62. The van der Waals surface area contributed by atoms with Crippen molar-refractivity contribution < 1.29 is 14.4 Å². The van der Waals surface area contributed by atoms with E-state index in [1.165, 1.54) is 11.3 Å². The van der Waals surface area contributed by atoms with Crippen molar-refractivity contribution in [2.24, 2.45) is 0 Å². The zero-order valence-corrected chi connectivity index (χ0v) is 17.4. The van der Waals surface area contributed by atoms with Gasteiger partial charge in [0, 0.05) is 46.9 Å². The number of carbonyl (C=O) groups excluding carboxylic acids is 1. The highest BCUT2D eigenvalue weighted by atomic mass is 32.1. The summed E-state index contributed by atoms with van der Waals surface area (Å²) in [5.74, 6) is 0.804. The van der Waals surface area contributed by atoms with E-state index in [4.69, 9.17) is 4.52 Å². The summed E-state index contributed by atoms with van der Waals surface area (Å²) in [5.41, 5.74) is -1.02. The SMILES string of the molecule is C[C@@H]1CC[C@](C(=O)c2cscc2-c2ncccn2)(c2noc(C(C)(C)O)n2)CN1. The van der Waals surface area contributed by atoms with Gasteiger partial charge >= 0.3 is 0 Å². The molecule has 3 aromatic rings. The number of piperidine rings is 1. The number of hydrogen-bond acceptors (Lipinski definition) is 9. The number of hydrogen-bond donors (Lipinski definition) is 2. The van der Waals surface area contributed by atoms with Crippen LogP contribution < -0.4 is 5.32 Å². The second kappa shape index (κ2) is 7.40. The molecule has 0 saturated carbocycles. The minimum absolute atomic E-state index is 0.0928. The van der Waals surface area contributed by atoms with E-state index in [1.54, 1.807) is 32.3 Å². The van der Waals surface area contributed by atoms with Crippen LogP contribution in [0.15, 0.2) is 33.7 Å². The van der Waals surface area contributed by atoms with Crippen LogP contribution >= 0.6 is 11.3 Å². The summed E-state index contributed by atoms with van der Waals surface area (Å²) in [5, 5.41) is 21.4. The standard InChI is InChI=1S/C20H23N5O3S/c1-12-5-6-20(11-23-12,17-24-18(28-25-17)19(2,3)27)15(26)13-9-29-10-14(13)16-21-7-4-8-22-16/h4,7-10,12,23,27H,5-6,11H2,1-3H3/t12-,20+/m1/s1. The molecule has 0 aliphatic carbocycles. The van der Waals surface area contributed by atoms with Crippen molar-refractivity contribution in [2.45, 2.75) is 50.7 Å². The monoisotopic (exact) mass is 413 g/mol. The predicted molar refractivity (Wildman–Crippen MR) is 108 cm³/mol. The van der Waals surface area contributed by atoms with Gasteiger partial charge in [0.05, 0.1) is 0 Å². The zero-order chi connectivity index (χ0) is 20.6. The molecule has 1 fully saturated rings. The van der Waals surface area contributed by atoms with Gasteiger partial charge in [-0.2, -0.15) is 16.3 Å².